The molecule has 0 bridgehead atoms. The van der Waals surface area contributed by atoms with Crippen LogP contribution in [-0.4, -0.2) is 64.1 Å². The van der Waals surface area contributed by atoms with E-state index in [0.29, 0.717) is 58.2 Å². The number of halogens is 1. The molecule has 0 unspecified atom stereocenters. The van der Waals surface area contributed by atoms with Crippen molar-refractivity contribution in [2.24, 2.45) is 5.92 Å². The number of hydrogen-bond acceptors (Lipinski definition) is 9. The number of esters is 1. The minimum Gasteiger partial charge on any atom is -0.462 e. The fourth-order valence-electron chi connectivity index (χ4n) is 4.18. The number of aryl methyl sites for hydroxylation is 1. The summed E-state index contributed by atoms with van der Waals surface area (Å²) in [6, 6.07) is 1.69. The molecule has 186 valence electrons. The number of ketones is 1. The summed E-state index contributed by atoms with van der Waals surface area (Å²) in [6.07, 6.45) is 5.68. The molecule has 4 rings (SSSR count). The molecule has 9 nitrogen and oxygen atoms in total. The summed E-state index contributed by atoms with van der Waals surface area (Å²) in [5.41, 5.74) is 2.28. The lowest BCUT2D eigenvalue weighted by atomic mass is 9.88. The van der Waals surface area contributed by atoms with Crippen LogP contribution in [0.4, 0.5) is 5.13 Å². The van der Waals surface area contributed by atoms with Crippen LogP contribution in [0.3, 0.4) is 0 Å². The number of carbonyl (C=O) groups is 2. The molecule has 0 radical (unpaired) electrons. The van der Waals surface area contributed by atoms with Gasteiger partial charge in [0.05, 0.1) is 29.6 Å². The SMILES string of the molecule is CCOC(=O)c1sc(N2CC[C@@H](CC(=O)c3cc(Cl)c(C)[nH]3)[C@@H](OCC)C2)nc1-c1cnccn1. The highest BCUT2D eigenvalue weighted by Gasteiger charge is 2.34. The van der Waals surface area contributed by atoms with E-state index in [1.165, 1.54) is 11.3 Å². The molecule has 1 fully saturated rings. The first-order valence-corrected chi connectivity index (χ1v) is 12.8. The maximum absolute atomic E-state index is 12.9. The molecule has 11 heteroatoms. The molecule has 0 spiro atoms. The first-order chi connectivity index (χ1) is 16.9. The van der Waals surface area contributed by atoms with Gasteiger partial charge in [-0.25, -0.2) is 9.78 Å². The van der Waals surface area contributed by atoms with E-state index in [1.807, 2.05) is 13.8 Å². The lowest BCUT2D eigenvalue weighted by Crippen LogP contribution is -2.46. The highest BCUT2D eigenvalue weighted by Crippen LogP contribution is 2.36. The second-order valence-electron chi connectivity index (χ2n) is 8.26. The number of nitrogens with one attached hydrogen (secondary N) is 1. The van der Waals surface area contributed by atoms with E-state index in [1.54, 1.807) is 31.6 Å². The molecule has 0 aromatic carbocycles. The van der Waals surface area contributed by atoms with E-state index in [0.717, 1.165) is 12.1 Å². The molecule has 0 aliphatic carbocycles. The average Bonchev–Trinajstić information content (AvgIpc) is 3.45. The summed E-state index contributed by atoms with van der Waals surface area (Å²) in [5, 5.41) is 1.25. The van der Waals surface area contributed by atoms with Crippen molar-refractivity contribution in [3.05, 3.63) is 45.9 Å². The van der Waals surface area contributed by atoms with Gasteiger partial charge in [0.25, 0.3) is 0 Å². The van der Waals surface area contributed by atoms with Crippen LogP contribution < -0.4 is 4.90 Å². The van der Waals surface area contributed by atoms with Gasteiger partial charge in [0, 0.05) is 44.2 Å². The van der Waals surface area contributed by atoms with Crippen molar-refractivity contribution in [2.75, 3.05) is 31.2 Å². The summed E-state index contributed by atoms with van der Waals surface area (Å²) >= 11 is 7.40. The lowest BCUT2D eigenvalue weighted by molar-refractivity contribution is 0.0103. The molecule has 1 aliphatic heterocycles. The Labute approximate surface area is 212 Å². The van der Waals surface area contributed by atoms with Crippen molar-refractivity contribution >= 4 is 39.8 Å². The number of thiazole rings is 1. The van der Waals surface area contributed by atoms with Gasteiger partial charge < -0.3 is 19.4 Å². The van der Waals surface area contributed by atoms with E-state index in [2.05, 4.69) is 19.9 Å². The summed E-state index contributed by atoms with van der Waals surface area (Å²) in [7, 11) is 0. The van der Waals surface area contributed by atoms with Crippen LogP contribution in [0.5, 0.6) is 0 Å². The number of H-pyrrole nitrogens is 1. The van der Waals surface area contributed by atoms with Crippen molar-refractivity contribution in [3.63, 3.8) is 0 Å². The number of ether oxygens (including phenoxy) is 2. The van der Waals surface area contributed by atoms with Crippen LogP contribution in [0.1, 0.15) is 52.5 Å². The number of piperidine rings is 1. The topological polar surface area (TPSA) is 110 Å². The molecular formula is C24H28ClN5O4S. The van der Waals surface area contributed by atoms with Gasteiger partial charge >= 0.3 is 5.97 Å². The zero-order chi connectivity index (χ0) is 24.9. The Kier molecular flexibility index (Phi) is 8.15. The van der Waals surface area contributed by atoms with Gasteiger partial charge in [0.15, 0.2) is 10.9 Å². The number of carbonyl (C=O) groups excluding carboxylic acids is 2. The summed E-state index contributed by atoms with van der Waals surface area (Å²) in [5.74, 6) is -0.351. The van der Waals surface area contributed by atoms with Gasteiger partial charge in [0.1, 0.15) is 16.3 Å². The van der Waals surface area contributed by atoms with E-state index >= 15 is 0 Å². The molecule has 1 N–H and O–H groups in total. The number of rotatable bonds is 9. The Morgan fingerprint density at radius 2 is 2.11 bits per heavy atom. The smallest absolute Gasteiger partial charge is 0.350 e. The molecule has 3 aromatic heterocycles. The molecule has 35 heavy (non-hydrogen) atoms. The standard InChI is InChI=1S/C24H28ClN5O4S/c1-4-33-20-13-30(9-6-15(20)10-19(31)17-11-16(25)14(3)28-17)24-29-21(18-12-26-7-8-27-18)22(35-24)23(32)34-5-2/h7-8,11-12,15,20,28H,4-6,9-10,13H2,1-3H3/t15-,20-/m0/s1. The van der Waals surface area contributed by atoms with Crippen LogP contribution in [0, 0.1) is 12.8 Å². The van der Waals surface area contributed by atoms with Gasteiger partial charge in [0.2, 0.25) is 0 Å². The number of Topliss-reactive ketones (excluding diaryl/α,β-unsaturated/α-hetero) is 1. The summed E-state index contributed by atoms with van der Waals surface area (Å²) < 4.78 is 11.3. The molecule has 2 atom stereocenters. The van der Waals surface area contributed by atoms with E-state index in [-0.39, 0.29) is 24.4 Å². The number of aromatic nitrogens is 4. The number of hydrogen-bond donors (Lipinski definition) is 1. The number of aromatic amines is 1. The molecule has 1 saturated heterocycles. The summed E-state index contributed by atoms with van der Waals surface area (Å²) in [4.78, 5) is 44.3. The van der Waals surface area contributed by atoms with Crippen molar-refractivity contribution in [3.8, 4) is 11.4 Å². The number of anilines is 1. The molecule has 0 amide bonds. The normalized spacial score (nSPS) is 18.0. The third-order valence-corrected chi connectivity index (χ3v) is 7.42. The second-order valence-corrected chi connectivity index (χ2v) is 9.64. The van der Waals surface area contributed by atoms with Gasteiger partial charge in [-0.3, -0.25) is 14.8 Å². The molecular weight excluding hydrogens is 490 g/mol. The van der Waals surface area contributed by atoms with Crippen LogP contribution in [0.2, 0.25) is 5.02 Å². The third-order valence-electron chi connectivity index (χ3n) is 5.93. The van der Waals surface area contributed by atoms with Gasteiger partial charge in [-0.05, 0) is 39.2 Å². The largest absolute Gasteiger partial charge is 0.462 e. The quantitative estimate of drug-likeness (QED) is 0.324. The predicted octanol–water partition coefficient (Wildman–Crippen LogP) is 4.57. The van der Waals surface area contributed by atoms with Crippen molar-refractivity contribution < 1.29 is 19.1 Å². The summed E-state index contributed by atoms with van der Waals surface area (Å²) in [6.45, 7) is 7.60. The zero-order valence-electron chi connectivity index (χ0n) is 19.9. The number of nitrogens with zero attached hydrogens (tertiary/aromatic N) is 4. The lowest BCUT2D eigenvalue weighted by Gasteiger charge is -2.38. The Bertz CT molecular complexity index is 1160. The zero-order valence-corrected chi connectivity index (χ0v) is 21.5. The van der Waals surface area contributed by atoms with Gasteiger partial charge in [-0.1, -0.05) is 22.9 Å². The maximum atomic E-state index is 12.9. The second kappa shape index (κ2) is 11.3. The van der Waals surface area contributed by atoms with E-state index < -0.39 is 5.97 Å². The van der Waals surface area contributed by atoms with Gasteiger partial charge in [-0.2, -0.15) is 0 Å². The van der Waals surface area contributed by atoms with Crippen LogP contribution >= 0.6 is 22.9 Å². The van der Waals surface area contributed by atoms with Crippen molar-refractivity contribution in [1.29, 1.82) is 0 Å². The van der Waals surface area contributed by atoms with E-state index in [9.17, 15) is 9.59 Å². The van der Waals surface area contributed by atoms with Crippen LogP contribution in [-0.2, 0) is 9.47 Å². The molecule has 1 aliphatic rings. The predicted molar refractivity (Wildman–Crippen MR) is 134 cm³/mol. The minimum absolute atomic E-state index is 0.0203. The Balaban J connectivity index is 1.54. The highest BCUT2D eigenvalue weighted by molar-refractivity contribution is 7.17. The van der Waals surface area contributed by atoms with E-state index in [4.69, 9.17) is 26.1 Å². The molecule has 4 heterocycles. The first kappa shape index (κ1) is 25.3. The molecule has 3 aromatic rings. The van der Waals surface area contributed by atoms with Crippen molar-refractivity contribution in [1.82, 2.24) is 19.9 Å². The van der Waals surface area contributed by atoms with Gasteiger partial charge in [-0.15, -0.1) is 0 Å². The Morgan fingerprint density at radius 1 is 1.29 bits per heavy atom. The highest BCUT2D eigenvalue weighted by atomic mass is 35.5. The maximum Gasteiger partial charge on any atom is 0.350 e. The Morgan fingerprint density at radius 3 is 2.77 bits per heavy atom. The monoisotopic (exact) mass is 517 g/mol. The fourth-order valence-corrected chi connectivity index (χ4v) is 5.34. The first-order valence-electron chi connectivity index (χ1n) is 11.6. The molecule has 0 saturated carbocycles. The fraction of sp³-hybridized carbons (Fsp3) is 0.458. The van der Waals surface area contributed by atoms with Crippen molar-refractivity contribution in [2.45, 2.75) is 39.7 Å². The van der Waals surface area contributed by atoms with Crippen LogP contribution in [0.15, 0.2) is 24.7 Å². The third kappa shape index (κ3) is 5.71. The Hall–Kier alpha value is -2.82. The minimum atomic E-state index is -0.432. The average molecular weight is 518 g/mol. The van der Waals surface area contributed by atoms with Crippen LogP contribution in [0.25, 0.3) is 11.4 Å².